The van der Waals surface area contributed by atoms with Crippen LogP contribution in [0.25, 0.3) is 0 Å². The van der Waals surface area contributed by atoms with Gasteiger partial charge in [-0.15, -0.1) is 11.3 Å². The summed E-state index contributed by atoms with van der Waals surface area (Å²) in [6, 6.07) is 0. The van der Waals surface area contributed by atoms with E-state index in [1.165, 1.54) is 17.5 Å². The number of hydrogen-bond acceptors (Lipinski definition) is 5. The predicted octanol–water partition coefficient (Wildman–Crippen LogP) is 1.64. The molecule has 0 amide bonds. The van der Waals surface area contributed by atoms with E-state index in [1.54, 1.807) is 6.92 Å². The third-order valence-corrected chi connectivity index (χ3v) is 6.95. The van der Waals surface area contributed by atoms with E-state index >= 15 is 0 Å². The lowest BCUT2D eigenvalue weighted by Crippen LogP contribution is -2.58. The number of aryl methyl sites for hydroxylation is 1. The van der Waals surface area contributed by atoms with E-state index in [4.69, 9.17) is 5.73 Å². The Morgan fingerprint density at radius 3 is 2.84 bits per heavy atom. The zero-order valence-electron chi connectivity index (χ0n) is 11.3. The molecule has 1 aromatic heterocycles. The van der Waals surface area contributed by atoms with Gasteiger partial charge >= 0.3 is 0 Å². The van der Waals surface area contributed by atoms with E-state index in [0.717, 1.165) is 30.7 Å². The minimum atomic E-state index is -3.52. The van der Waals surface area contributed by atoms with Crippen molar-refractivity contribution in [2.75, 3.05) is 6.54 Å². The van der Waals surface area contributed by atoms with E-state index in [2.05, 4.69) is 16.6 Å². The third-order valence-electron chi connectivity index (χ3n) is 4.02. The minimum absolute atomic E-state index is 0.259. The molecule has 2 unspecified atom stereocenters. The lowest BCUT2D eigenvalue weighted by Gasteiger charge is -2.42. The van der Waals surface area contributed by atoms with Gasteiger partial charge in [-0.1, -0.05) is 19.8 Å². The normalized spacial score (nSPS) is 28.5. The van der Waals surface area contributed by atoms with Crippen molar-refractivity contribution in [1.29, 1.82) is 0 Å². The molecule has 7 heteroatoms. The molecule has 1 fully saturated rings. The molecule has 1 heterocycles. The van der Waals surface area contributed by atoms with E-state index in [9.17, 15) is 8.42 Å². The minimum Gasteiger partial charge on any atom is -0.329 e. The maximum Gasteiger partial charge on any atom is 0.252 e. The second-order valence-corrected chi connectivity index (χ2v) is 8.45. The van der Waals surface area contributed by atoms with Gasteiger partial charge in [-0.2, -0.15) is 0 Å². The van der Waals surface area contributed by atoms with Gasteiger partial charge < -0.3 is 5.73 Å². The van der Waals surface area contributed by atoms with Gasteiger partial charge in [-0.25, -0.2) is 18.1 Å². The molecule has 1 aliphatic rings. The van der Waals surface area contributed by atoms with Crippen LogP contribution in [0.5, 0.6) is 0 Å². The number of sulfonamides is 1. The summed E-state index contributed by atoms with van der Waals surface area (Å²) in [4.78, 5) is 4.01. The molecule has 19 heavy (non-hydrogen) atoms. The van der Waals surface area contributed by atoms with Crippen LogP contribution in [-0.2, 0) is 10.0 Å². The van der Waals surface area contributed by atoms with Crippen molar-refractivity contribution < 1.29 is 8.42 Å². The molecule has 5 nitrogen and oxygen atoms in total. The Kier molecular flexibility index (Phi) is 4.29. The number of thiazole rings is 1. The van der Waals surface area contributed by atoms with Crippen LogP contribution < -0.4 is 10.5 Å². The van der Waals surface area contributed by atoms with Crippen LogP contribution in [0, 0.1) is 12.8 Å². The SMILES string of the molecule is Cc1ncc(S(=O)(=O)NC2(CN)CCCCC2C)s1. The Balaban J connectivity index is 2.27. The Morgan fingerprint density at radius 1 is 1.58 bits per heavy atom. The molecule has 2 rings (SSSR count). The monoisotopic (exact) mass is 303 g/mol. The second kappa shape index (κ2) is 5.47. The largest absolute Gasteiger partial charge is 0.329 e. The molecule has 1 aliphatic carbocycles. The quantitative estimate of drug-likeness (QED) is 0.885. The Labute approximate surface area is 118 Å². The van der Waals surface area contributed by atoms with Crippen molar-refractivity contribution in [2.24, 2.45) is 11.7 Å². The van der Waals surface area contributed by atoms with Crippen molar-refractivity contribution in [3.05, 3.63) is 11.2 Å². The second-order valence-electron chi connectivity index (χ2n) is 5.31. The molecular formula is C12H21N3O2S2. The molecule has 0 aromatic carbocycles. The van der Waals surface area contributed by atoms with E-state index < -0.39 is 15.6 Å². The Bertz CT molecular complexity index is 541. The van der Waals surface area contributed by atoms with Crippen LogP contribution in [0.15, 0.2) is 10.4 Å². The van der Waals surface area contributed by atoms with Gasteiger partial charge in [-0.3, -0.25) is 0 Å². The fourth-order valence-corrected chi connectivity index (χ4v) is 5.34. The highest BCUT2D eigenvalue weighted by molar-refractivity contribution is 7.91. The fraction of sp³-hybridized carbons (Fsp3) is 0.750. The summed E-state index contributed by atoms with van der Waals surface area (Å²) < 4.78 is 28.0. The van der Waals surface area contributed by atoms with Crippen LogP contribution >= 0.6 is 11.3 Å². The van der Waals surface area contributed by atoms with E-state index in [-0.39, 0.29) is 10.1 Å². The molecular weight excluding hydrogens is 282 g/mol. The average Bonchev–Trinajstić information content (AvgIpc) is 2.80. The van der Waals surface area contributed by atoms with E-state index in [0.29, 0.717) is 6.54 Å². The van der Waals surface area contributed by atoms with Gasteiger partial charge in [0.1, 0.15) is 0 Å². The van der Waals surface area contributed by atoms with Crippen LogP contribution in [0.3, 0.4) is 0 Å². The number of nitrogens with two attached hydrogens (primary N) is 1. The maximum absolute atomic E-state index is 12.4. The topological polar surface area (TPSA) is 85.1 Å². The molecule has 0 bridgehead atoms. The highest BCUT2D eigenvalue weighted by Gasteiger charge is 2.40. The molecule has 1 aromatic rings. The van der Waals surface area contributed by atoms with Crippen molar-refractivity contribution in [3.63, 3.8) is 0 Å². The summed E-state index contributed by atoms with van der Waals surface area (Å²) in [6.07, 6.45) is 5.40. The summed E-state index contributed by atoms with van der Waals surface area (Å²) in [6.45, 7) is 4.21. The van der Waals surface area contributed by atoms with Crippen molar-refractivity contribution in [1.82, 2.24) is 9.71 Å². The molecule has 108 valence electrons. The lowest BCUT2D eigenvalue weighted by atomic mass is 9.74. The van der Waals surface area contributed by atoms with Gasteiger partial charge in [0.05, 0.1) is 11.2 Å². The van der Waals surface area contributed by atoms with E-state index in [1.807, 2.05) is 0 Å². The molecule has 0 saturated heterocycles. The summed E-state index contributed by atoms with van der Waals surface area (Å²) in [5, 5.41) is 0.749. The third kappa shape index (κ3) is 2.99. The number of nitrogens with zero attached hydrogens (tertiary/aromatic N) is 1. The molecule has 3 N–H and O–H groups in total. The Morgan fingerprint density at radius 2 is 2.32 bits per heavy atom. The van der Waals surface area contributed by atoms with Crippen molar-refractivity contribution in [3.8, 4) is 0 Å². The van der Waals surface area contributed by atoms with Crippen LogP contribution in [0.2, 0.25) is 0 Å². The highest BCUT2D eigenvalue weighted by Crippen LogP contribution is 2.34. The standard InChI is InChI=1S/C12H21N3O2S2/c1-9-5-3-4-6-12(9,8-13)15-19(16,17)11-7-14-10(2)18-11/h7,9,15H,3-6,8,13H2,1-2H3. The van der Waals surface area contributed by atoms with Crippen LogP contribution in [0.4, 0.5) is 0 Å². The highest BCUT2D eigenvalue weighted by atomic mass is 32.2. The first-order valence-electron chi connectivity index (χ1n) is 6.56. The predicted molar refractivity (Wildman–Crippen MR) is 76.6 cm³/mol. The molecule has 1 saturated carbocycles. The maximum atomic E-state index is 12.4. The van der Waals surface area contributed by atoms with Gasteiger partial charge in [0, 0.05) is 12.1 Å². The number of aromatic nitrogens is 1. The molecule has 0 aliphatic heterocycles. The van der Waals surface area contributed by atoms with Crippen LogP contribution in [-0.4, -0.2) is 25.5 Å². The Hall–Kier alpha value is -0.500. The fourth-order valence-electron chi connectivity index (χ4n) is 2.69. The van der Waals surface area contributed by atoms with Gasteiger partial charge in [0.2, 0.25) is 0 Å². The number of hydrogen-bond donors (Lipinski definition) is 2. The lowest BCUT2D eigenvalue weighted by molar-refractivity contribution is 0.191. The summed E-state index contributed by atoms with van der Waals surface area (Å²) in [7, 11) is -3.52. The average molecular weight is 303 g/mol. The summed E-state index contributed by atoms with van der Waals surface area (Å²) >= 11 is 1.19. The van der Waals surface area contributed by atoms with Crippen LogP contribution in [0.1, 0.15) is 37.6 Å². The molecule has 2 atom stereocenters. The van der Waals surface area contributed by atoms with Crippen molar-refractivity contribution in [2.45, 2.75) is 49.3 Å². The zero-order chi connectivity index (χ0) is 14.1. The van der Waals surface area contributed by atoms with Gasteiger partial charge in [0.25, 0.3) is 10.0 Å². The number of nitrogens with one attached hydrogen (secondary N) is 1. The zero-order valence-corrected chi connectivity index (χ0v) is 13.0. The smallest absolute Gasteiger partial charge is 0.252 e. The first-order chi connectivity index (χ1) is 8.89. The molecule has 0 radical (unpaired) electrons. The molecule has 0 spiro atoms. The summed E-state index contributed by atoms with van der Waals surface area (Å²) in [5.74, 6) is 0.259. The first-order valence-corrected chi connectivity index (χ1v) is 8.86. The van der Waals surface area contributed by atoms with Gasteiger partial charge in [0.15, 0.2) is 4.21 Å². The van der Waals surface area contributed by atoms with Crippen molar-refractivity contribution >= 4 is 21.4 Å². The summed E-state index contributed by atoms with van der Waals surface area (Å²) in [5.41, 5.74) is 5.37. The first kappa shape index (κ1) is 14.9. The van der Waals surface area contributed by atoms with Gasteiger partial charge in [-0.05, 0) is 25.7 Å². The number of rotatable bonds is 4.